The van der Waals surface area contributed by atoms with Crippen molar-refractivity contribution in [3.8, 4) is 0 Å². The Morgan fingerprint density at radius 2 is 1.96 bits per heavy atom. The zero-order chi connectivity index (χ0) is 17.8. The lowest BCUT2D eigenvalue weighted by atomic mass is 10.1. The molecule has 0 N–H and O–H groups in total. The second-order valence-corrected chi connectivity index (χ2v) is 7.01. The Kier molecular flexibility index (Phi) is 5.60. The van der Waals surface area contributed by atoms with Crippen LogP contribution >= 0.6 is 23.4 Å². The third kappa shape index (κ3) is 4.14. The quantitative estimate of drug-likeness (QED) is 0.591. The average Bonchev–Trinajstić information content (AvgIpc) is 3.04. The minimum atomic E-state index is -0.506. The molecular formula is C18H16ClNO4S. The van der Waals surface area contributed by atoms with Crippen molar-refractivity contribution in [1.29, 1.82) is 0 Å². The number of hydrogen-bond donors (Lipinski definition) is 0. The summed E-state index contributed by atoms with van der Waals surface area (Å²) in [6.07, 6.45) is 1.04. The van der Waals surface area contributed by atoms with Crippen molar-refractivity contribution >= 4 is 51.9 Å². The van der Waals surface area contributed by atoms with E-state index in [2.05, 4.69) is 0 Å². The van der Waals surface area contributed by atoms with Gasteiger partial charge in [0.25, 0.3) is 5.91 Å². The second-order valence-electron chi connectivity index (χ2n) is 5.59. The van der Waals surface area contributed by atoms with E-state index >= 15 is 0 Å². The summed E-state index contributed by atoms with van der Waals surface area (Å²) in [7, 11) is 0. The molecule has 1 fully saturated rings. The summed E-state index contributed by atoms with van der Waals surface area (Å²) in [5.41, 5.74) is 0. The number of fused-ring (bicyclic) bond motifs is 1. The predicted octanol–water partition coefficient (Wildman–Crippen LogP) is 3.28. The molecule has 0 spiro atoms. The van der Waals surface area contributed by atoms with Crippen LogP contribution in [-0.4, -0.2) is 41.6 Å². The largest absolute Gasteiger partial charge is 0.455 e. The van der Waals surface area contributed by atoms with Crippen molar-refractivity contribution < 1.29 is 19.1 Å². The predicted molar refractivity (Wildman–Crippen MR) is 96.6 cm³/mol. The zero-order valence-electron chi connectivity index (χ0n) is 13.4. The van der Waals surface area contributed by atoms with Crippen LogP contribution in [0.15, 0.2) is 41.3 Å². The lowest BCUT2D eigenvalue weighted by Gasteiger charge is -2.13. The summed E-state index contributed by atoms with van der Waals surface area (Å²) in [5, 5.41) is 2.51. The third-order valence-electron chi connectivity index (χ3n) is 3.89. The van der Waals surface area contributed by atoms with Crippen LogP contribution in [-0.2, 0) is 19.1 Å². The number of halogens is 1. The monoisotopic (exact) mass is 377 g/mol. The van der Waals surface area contributed by atoms with E-state index in [0.717, 1.165) is 20.6 Å². The smallest absolute Gasteiger partial charge is 0.316 e. The number of carbonyl (C=O) groups excluding carboxylic acids is 3. The molecule has 0 aliphatic carbocycles. The number of nitrogens with zero attached hydrogens (tertiary/aromatic N) is 1. The summed E-state index contributed by atoms with van der Waals surface area (Å²) in [6, 6.07) is 11.4. The number of benzene rings is 2. The Labute approximate surface area is 154 Å². The minimum absolute atomic E-state index is 0.0611. The molecule has 1 saturated heterocycles. The highest BCUT2D eigenvalue weighted by Crippen LogP contribution is 2.33. The van der Waals surface area contributed by atoms with Crippen LogP contribution in [0.2, 0.25) is 5.02 Å². The molecule has 0 saturated carbocycles. The molecular weight excluding hydrogens is 362 g/mol. The van der Waals surface area contributed by atoms with Crippen molar-refractivity contribution in [3.05, 3.63) is 41.4 Å². The number of rotatable bonds is 5. The van der Waals surface area contributed by atoms with Gasteiger partial charge in [-0.2, -0.15) is 0 Å². The van der Waals surface area contributed by atoms with Crippen molar-refractivity contribution in [2.45, 2.75) is 17.7 Å². The van der Waals surface area contributed by atoms with E-state index in [1.165, 1.54) is 11.8 Å². The van der Waals surface area contributed by atoms with Gasteiger partial charge in [0.15, 0.2) is 6.61 Å². The number of thioether (sulfide) groups is 1. The lowest BCUT2D eigenvalue weighted by molar-refractivity contribution is -0.153. The fourth-order valence-corrected chi connectivity index (χ4v) is 3.94. The van der Waals surface area contributed by atoms with E-state index in [1.54, 1.807) is 6.07 Å². The topological polar surface area (TPSA) is 63.7 Å². The van der Waals surface area contributed by atoms with Gasteiger partial charge in [-0.15, -0.1) is 11.8 Å². The Morgan fingerprint density at radius 1 is 1.20 bits per heavy atom. The Morgan fingerprint density at radius 3 is 2.68 bits per heavy atom. The van der Waals surface area contributed by atoms with Crippen LogP contribution < -0.4 is 0 Å². The number of imide groups is 1. The van der Waals surface area contributed by atoms with Crippen molar-refractivity contribution in [1.82, 2.24) is 4.90 Å². The molecule has 0 radical (unpaired) electrons. The molecule has 0 atom stereocenters. The third-order valence-corrected chi connectivity index (χ3v) is 5.24. The maximum atomic E-state index is 11.9. The number of esters is 1. The zero-order valence-corrected chi connectivity index (χ0v) is 14.9. The van der Waals surface area contributed by atoms with Crippen LogP contribution in [0.5, 0.6) is 0 Å². The van der Waals surface area contributed by atoms with E-state index in [0.29, 0.717) is 24.4 Å². The first-order valence-electron chi connectivity index (χ1n) is 7.85. The highest BCUT2D eigenvalue weighted by Gasteiger charge is 2.26. The number of ether oxygens (including phenoxy) is 1. The molecule has 2 amide bonds. The van der Waals surface area contributed by atoms with E-state index in [9.17, 15) is 14.4 Å². The molecule has 3 rings (SSSR count). The molecule has 5 nitrogen and oxygen atoms in total. The van der Waals surface area contributed by atoms with E-state index in [1.807, 2.05) is 30.3 Å². The average molecular weight is 378 g/mol. The standard InChI is InChI=1S/C18H16ClNO4S/c19-13-6-1-4-12-5-2-7-14(18(12)13)25-11-17(23)24-10-16(22)20-9-3-8-15(20)21/h1-2,4-7H,3,8-11H2. The summed E-state index contributed by atoms with van der Waals surface area (Å²) in [6.45, 7) is -0.000101. The molecule has 130 valence electrons. The van der Waals surface area contributed by atoms with Crippen LogP contribution in [0.25, 0.3) is 10.8 Å². The van der Waals surface area contributed by atoms with Gasteiger partial charge in [0.1, 0.15) is 0 Å². The summed E-state index contributed by atoms with van der Waals surface area (Å²) in [4.78, 5) is 37.3. The van der Waals surface area contributed by atoms with Gasteiger partial charge in [-0.3, -0.25) is 19.3 Å². The van der Waals surface area contributed by atoms with Gasteiger partial charge in [0.05, 0.1) is 5.75 Å². The Bertz CT molecular complexity index is 834. The van der Waals surface area contributed by atoms with Gasteiger partial charge < -0.3 is 4.74 Å². The second kappa shape index (κ2) is 7.89. The maximum Gasteiger partial charge on any atom is 0.316 e. The molecule has 2 aromatic rings. The molecule has 0 unspecified atom stereocenters. The number of carbonyl (C=O) groups is 3. The van der Waals surface area contributed by atoms with Crippen LogP contribution in [0.3, 0.4) is 0 Å². The first-order chi connectivity index (χ1) is 12.1. The first-order valence-corrected chi connectivity index (χ1v) is 9.21. The number of amides is 2. The molecule has 1 aliphatic rings. The van der Waals surface area contributed by atoms with E-state index < -0.39 is 18.5 Å². The summed E-state index contributed by atoms with van der Waals surface area (Å²) >= 11 is 7.56. The highest BCUT2D eigenvalue weighted by molar-refractivity contribution is 8.00. The lowest BCUT2D eigenvalue weighted by Crippen LogP contribution is -2.35. The van der Waals surface area contributed by atoms with Gasteiger partial charge in [-0.05, 0) is 23.9 Å². The Balaban J connectivity index is 1.56. The molecule has 2 aromatic carbocycles. The van der Waals surface area contributed by atoms with Crippen LogP contribution in [0.4, 0.5) is 0 Å². The fourth-order valence-electron chi connectivity index (χ4n) is 2.69. The van der Waals surface area contributed by atoms with Crippen LogP contribution in [0.1, 0.15) is 12.8 Å². The fraction of sp³-hybridized carbons (Fsp3) is 0.278. The number of likely N-dealkylation sites (tertiary alicyclic amines) is 1. The molecule has 1 heterocycles. The highest BCUT2D eigenvalue weighted by atomic mass is 35.5. The van der Waals surface area contributed by atoms with Crippen molar-refractivity contribution in [2.24, 2.45) is 0 Å². The van der Waals surface area contributed by atoms with Gasteiger partial charge >= 0.3 is 5.97 Å². The van der Waals surface area contributed by atoms with Gasteiger partial charge in [0, 0.05) is 28.3 Å². The maximum absolute atomic E-state index is 11.9. The normalized spacial score (nSPS) is 14.1. The Hall–Kier alpha value is -2.05. The van der Waals surface area contributed by atoms with E-state index in [-0.39, 0.29) is 11.7 Å². The van der Waals surface area contributed by atoms with Crippen molar-refractivity contribution in [3.63, 3.8) is 0 Å². The summed E-state index contributed by atoms with van der Waals surface area (Å²) < 4.78 is 4.99. The van der Waals surface area contributed by atoms with Crippen LogP contribution in [0, 0.1) is 0 Å². The molecule has 25 heavy (non-hydrogen) atoms. The number of hydrogen-bond acceptors (Lipinski definition) is 5. The summed E-state index contributed by atoms with van der Waals surface area (Å²) in [5.74, 6) is -1.12. The minimum Gasteiger partial charge on any atom is -0.455 e. The van der Waals surface area contributed by atoms with E-state index in [4.69, 9.17) is 16.3 Å². The molecule has 1 aliphatic heterocycles. The van der Waals surface area contributed by atoms with Gasteiger partial charge in [-0.25, -0.2) is 0 Å². The first kappa shape index (κ1) is 17.8. The SMILES string of the molecule is O=C(CSc1cccc2cccc(Cl)c12)OCC(=O)N1CCCC1=O. The molecule has 0 aromatic heterocycles. The molecule has 0 bridgehead atoms. The van der Waals surface area contributed by atoms with Gasteiger partial charge in [0.2, 0.25) is 5.91 Å². The van der Waals surface area contributed by atoms with Gasteiger partial charge in [-0.1, -0.05) is 35.9 Å². The van der Waals surface area contributed by atoms with Crippen molar-refractivity contribution in [2.75, 3.05) is 18.9 Å². The molecule has 7 heteroatoms.